The van der Waals surface area contributed by atoms with E-state index in [4.69, 9.17) is 54.0 Å². The quantitative estimate of drug-likeness (QED) is 0.0280. The fourth-order valence-corrected chi connectivity index (χ4v) is 11.5. The number of likely N-dealkylation sites (tertiary alicyclic amines) is 3. The summed E-state index contributed by atoms with van der Waals surface area (Å²) in [5.41, 5.74) is 36.0. The molecule has 6 atom stereocenters. The van der Waals surface area contributed by atoms with E-state index in [2.05, 4.69) is 25.0 Å². The molecule has 3 fully saturated rings. The summed E-state index contributed by atoms with van der Waals surface area (Å²) in [6.45, 7) is 3.07. The molecule has 10 aromatic rings. The van der Waals surface area contributed by atoms with Crippen LogP contribution in [0.5, 0.6) is 0 Å². The number of aromatic nitrogens is 3. The van der Waals surface area contributed by atoms with Crippen molar-refractivity contribution in [2.24, 2.45) is 10.8 Å². The number of para-hydroxylation sites is 6. The van der Waals surface area contributed by atoms with E-state index < -0.39 is 46.6 Å². The first-order valence-electron chi connectivity index (χ1n) is 28.5. The van der Waals surface area contributed by atoms with Crippen LogP contribution in [-0.4, -0.2) is 94.2 Å². The van der Waals surface area contributed by atoms with Gasteiger partial charge in [0.25, 0.3) is 10.1 Å². The molecule has 7 aromatic carbocycles. The van der Waals surface area contributed by atoms with Gasteiger partial charge in [0.15, 0.2) is 16.7 Å². The predicted molar refractivity (Wildman–Crippen MR) is 328 cm³/mol. The molecular weight excluding hydrogens is 1200 g/mol. The molecule has 3 saturated heterocycles. The van der Waals surface area contributed by atoms with Gasteiger partial charge in [-0.2, -0.15) is 8.42 Å². The Morgan fingerprint density at radius 3 is 1.30 bits per heavy atom. The Labute approximate surface area is 544 Å². The van der Waals surface area contributed by atoms with Crippen molar-refractivity contribution in [3.05, 3.63) is 254 Å². The first kappa shape index (κ1) is 65.7. The topological polar surface area (TPSA) is 344 Å². The molecule has 3 aliphatic rings. The zero-order chi connectivity index (χ0) is 63.0. The van der Waals surface area contributed by atoms with Gasteiger partial charge in [-0.05, 0) is 90.5 Å². The number of hydrogen-bond acceptors (Lipinski definition) is 17. The van der Waals surface area contributed by atoms with Gasteiger partial charge in [-0.15, -0.1) is 0 Å². The van der Waals surface area contributed by atoms with E-state index in [1.165, 1.54) is 26.8 Å². The Morgan fingerprint density at radius 2 is 0.890 bits per heavy atom. The number of oxazole rings is 3. The number of carbonyl (C=O) groups excluding carboxylic acids is 3. The fraction of sp³-hybridized carbons (Fsp3) is 0.250. The molecule has 0 saturated carbocycles. The monoisotopic (exact) mass is 1260 g/mol. The number of carbonyl (C=O) groups is 3. The molecule has 27 heteroatoms. The van der Waals surface area contributed by atoms with Crippen molar-refractivity contribution in [2.75, 3.05) is 19.6 Å². The van der Waals surface area contributed by atoms with Crippen LogP contribution in [0, 0.1) is 6.92 Å². The molecule has 3 aromatic heterocycles. The van der Waals surface area contributed by atoms with Crippen LogP contribution in [-0.2, 0) is 48.3 Å². The zero-order valence-corrected chi connectivity index (χ0v) is 52.3. The number of amides is 3. The molecule has 3 aliphatic heterocycles. The third-order valence-electron chi connectivity index (χ3n) is 14.8. The van der Waals surface area contributed by atoms with E-state index in [1.807, 2.05) is 165 Å². The van der Waals surface area contributed by atoms with Gasteiger partial charge >= 0.3 is 47.8 Å². The predicted octanol–water partition coefficient (Wildman–Crippen LogP) is 10.7. The van der Waals surface area contributed by atoms with E-state index in [0.717, 1.165) is 33.3 Å². The molecule has 25 nitrogen and oxygen atoms in total. The van der Waals surface area contributed by atoms with Gasteiger partial charge in [-0.3, -0.25) is 23.8 Å². The molecule has 0 unspecified atom stereocenters. The maximum atomic E-state index is 13.1. The molecule has 460 valence electrons. The van der Waals surface area contributed by atoms with Gasteiger partial charge in [0, 0.05) is 30.5 Å². The standard InChI is InChI=1S/C26H24N2O6S.C19H17N5O3.C19H19N3O3.N3.Na/c1-18-11-13-21(14-12-18)35(30,31)34-20-15-23(25-27-22-9-5-6-10-24(22)33-25)28(16-20)26(29)32-17-19-7-3-2-4-8-19;20-23-22-14-10-16(18-21-15-8-4-5-9-17(15)27-18)24(11-14)19(25)26-12-13-6-2-1-3-7-13;20-14-10-16(18-21-15-8-4-5-9-17(15)25-18)22(11-14)19(23)24-12-13-6-2-1-3-7-13;1-3-2;/h2-14,20,23H,15-17H2,1H3;1-9,14,16H,10-12H2;1-9,14,16H,10-12,20H2;;/q;;;-1;+1/t20-,23+;2*14-,16-;;/m100../s1. The van der Waals surface area contributed by atoms with Crippen LogP contribution in [0.2, 0.25) is 0 Å². The minimum atomic E-state index is -4.02. The Balaban J connectivity index is 0.000000160. The second kappa shape index (κ2) is 31.1. The Bertz CT molecular complexity index is 4170. The molecule has 0 bridgehead atoms. The van der Waals surface area contributed by atoms with Crippen LogP contribution in [0.4, 0.5) is 14.4 Å². The molecular formula is C64H60N13NaO12S. The molecule has 0 spiro atoms. The number of ether oxygens (including phenoxy) is 3. The van der Waals surface area contributed by atoms with Crippen LogP contribution in [0.15, 0.2) is 211 Å². The number of hydrogen-bond donors (Lipinski definition) is 1. The normalized spacial score (nSPS) is 18.2. The van der Waals surface area contributed by atoms with E-state index in [-0.39, 0.29) is 91.9 Å². The van der Waals surface area contributed by atoms with Crippen molar-refractivity contribution in [3.8, 4) is 0 Å². The number of benzene rings is 7. The SMILES string of the molecule is Cc1ccc(S(=O)(=O)O[C@@H]2C[C@@H](c3nc4ccccc4o3)N(C(=O)OCc3ccccc3)C2)cc1.N[C@H]1C[C@@H](c2nc3ccccc3o2)N(C(=O)OCc2ccccc2)C1.[N-]=[N+]=N[C@H]1C[C@@H](c2nc3ccccc3o2)N(C(=O)OCc2ccccc2)C1.[N-]=[N+]=[N-].[Na+]. The summed E-state index contributed by atoms with van der Waals surface area (Å²) < 4.78 is 65.3. The number of nitrogens with two attached hydrogens (primary N) is 1. The van der Waals surface area contributed by atoms with Crippen molar-refractivity contribution in [1.82, 2.24) is 29.7 Å². The van der Waals surface area contributed by atoms with Crippen molar-refractivity contribution in [1.29, 1.82) is 0 Å². The number of aryl methyl sites for hydroxylation is 1. The molecule has 91 heavy (non-hydrogen) atoms. The first-order valence-corrected chi connectivity index (χ1v) is 29.9. The van der Waals surface area contributed by atoms with Gasteiger partial charge in [0.05, 0.1) is 23.6 Å². The second-order valence-electron chi connectivity index (χ2n) is 21.1. The number of fused-ring (bicyclic) bond motifs is 3. The maximum absolute atomic E-state index is 13.1. The largest absolute Gasteiger partial charge is 1.00 e. The minimum absolute atomic E-state index is 0. The van der Waals surface area contributed by atoms with Gasteiger partial charge in [-0.25, -0.2) is 29.3 Å². The summed E-state index contributed by atoms with van der Waals surface area (Å²) in [5.74, 6) is 1.23. The molecule has 2 N–H and O–H groups in total. The van der Waals surface area contributed by atoms with Crippen molar-refractivity contribution < 1.29 is 84.0 Å². The van der Waals surface area contributed by atoms with E-state index >= 15 is 0 Å². The number of nitrogens with zero attached hydrogens (tertiary/aromatic N) is 12. The summed E-state index contributed by atoms with van der Waals surface area (Å²) in [6, 6.07) is 55.2. The van der Waals surface area contributed by atoms with Crippen molar-refractivity contribution >= 4 is 61.7 Å². The second-order valence-corrected chi connectivity index (χ2v) is 22.7. The van der Waals surface area contributed by atoms with Crippen molar-refractivity contribution in [3.63, 3.8) is 0 Å². The molecule has 3 amide bonds. The van der Waals surface area contributed by atoms with Gasteiger partial charge < -0.3 is 44.3 Å². The Morgan fingerprint density at radius 1 is 0.527 bits per heavy atom. The van der Waals surface area contributed by atoms with E-state index in [9.17, 15) is 22.8 Å². The minimum Gasteiger partial charge on any atom is -0.445 e. The average molecular weight is 1260 g/mol. The summed E-state index contributed by atoms with van der Waals surface area (Å²) >= 11 is 0. The summed E-state index contributed by atoms with van der Waals surface area (Å²) in [5, 5.41) is 3.77. The summed E-state index contributed by atoms with van der Waals surface area (Å²) in [6.07, 6.45) is -1.03. The molecule has 0 aliphatic carbocycles. The van der Waals surface area contributed by atoms with Gasteiger partial charge in [0.2, 0.25) is 17.7 Å². The Hall–Kier alpha value is -9.75. The first-order chi connectivity index (χ1) is 43.7. The third-order valence-corrected chi connectivity index (χ3v) is 16.1. The van der Waals surface area contributed by atoms with Gasteiger partial charge in [-0.1, -0.05) is 150 Å². The molecule has 13 rings (SSSR count). The van der Waals surface area contributed by atoms with Crippen LogP contribution in [0.1, 0.15) is 77.3 Å². The smallest absolute Gasteiger partial charge is 0.445 e. The van der Waals surface area contributed by atoms with Crippen LogP contribution in [0.3, 0.4) is 0 Å². The van der Waals surface area contributed by atoms with Gasteiger partial charge in [0.1, 0.15) is 54.5 Å². The van der Waals surface area contributed by atoms with Crippen LogP contribution >= 0.6 is 0 Å². The Kier molecular flexibility index (Phi) is 22.5. The number of azide groups is 1. The maximum Gasteiger partial charge on any atom is 1.00 e. The van der Waals surface area contributed by atoms with Crippen LogP contribution < -0.4 is 35.3 Å². The van der Waals surface area contributed by atoms with E-state index in [0.29, 0.717) is 59.3 Å². The summed E-state index contributed by atoms with van der Waals surface area (Å²) in [4.78, 5) is 60.8. The van der Waals surface area contributed by atoms with Crippen LogP contribution in [0.25, 0.3) is 59.7 Å². The fourth-order valence-electron chi connectivity index (χ4n) is 10.5. The molecule has 0 radical (unpaired) electrons. The van der Waals surface area contributed by atoms with Crippen molar-refractivity contribution in [2.45, 2.75) is 87.2 Å². The molecule has 6 heterocycles. The number of rotatable bonds is 13. The average Bonchev–Trinajstić information content (AvgIpc) is 1.78. The zero-order valence-electron chi connectivity index (χ0n) is 49.5. The summed E-state index contributed by atoms with van der Waals surface area (Å²) in [7, 11) is -4.02. The third kappa shape index (κ3) is 17.0. The van der Waals surface area contributed by atoms with E-state index in [1.54, 1.807) is 23.1 Å².